The molecular formula is C16H22N2O3S. The average Bonchev–Trinajstić information content (AvgIpc) is 3.04. The van der Waals surface area contributed by atoms with Gasteiger partial charge < -0.3 is 4.90 Å². The number of nitrogens with zero attached hydrogens (tertiary/aromatic N) is 1. The Morgan fingerprint density at radius 1 is 1.27 bits per heavy atom. The Bertz CT molecular complexity index is 669. The van der Waals surface area contributed by atoms with Gasteiger partial charge in [0.1, 0.15) is 0 Å². The van der Waals surface area contributed by atoms with Crippen molar-refractivity contribution in [2.45, 2.75) is 38.3 Å². The third kappa shape index (κ3) is 3.03. The van der Waals surface area contributed by atoms with E-state index >= 15 is 0 Å². The fourth-order valence-corrected chi connectivity index (χ4v) is 4.51. The zero-order valence-corrected chi connectivity index (χ0v) is 13.8. The number of amides is 1. The van der Waals surface area contributed by atoms with E-state index < -0.39 is 10.0 Å². The van der Waals surface area contributed by atoms with E-state index in [9.17, 15) is 13.2 Å². The first-order valence-electron chi connectivity index (χ1n) is 7.74. The summed E-state index contributed by atoms with van der Waals surface area (Å²) in [6.45, 7) is 2.82. The van der Waals surface area contributed by atoms with E-state index in [1.54, 1.807) is 0 Å². The minimum absolute atomic E-state index is 0.00940. The molecule has 3 atom stereocenters. The largest absolute Gasteiger partial charge is 0.334 e. The summed E-state index contributed by atoms with van der Waals surface area (Å²) in [4.78, 5) is 14.5. The molecular weight excluding hydrogens is 300 g/mol. The second-order valence-electron chi connectivity index (χ2n) is 6.41. The van der Waals surface area contributed by atoms with Gasteiger partial charge in [0, 0.05) is 24.2 Å². The number of carbonyl (C=O) groups excluding carboxylic acids is 1. The topological polar surface area (TPSA) is 66.5 Å². The van der Waals surface area contributed by atoms with Crippen LogP contribution in [0.1, 0.15) is 35.7 Å². The Morgan fingerprint density at radius 3 is 2.50 bits per heavy atom. The average molecular weight is 322 g/mol. The molecule has 2 aliphatic rings. The van der Waals surface area contributed by atoms with Gasteiger partial charge in [-0.15, -0.1) is 0 Å². The van der Waals surface area contributed by atoms with Crippen molar-refractivity contribution in [1.82, 2.24) is 9.62 Å². The Balaban J connectivity index is 1.75. The molecule has 22 heavy (non-hydrogen) atoms. The van der Waals surface area contributed by atoms with Crippen LogP contribution in [0.25, 0.3) is 0 Å². The van der Waals surface area contributed by atoms with Gasteiger partial charge in [0.25, 0.3) is 5.91 Å². The van der Waals surface area contributed by atoms with Crippen molar-refractivity contribution >= 4 is 15.9 Å². The number of likely N-dealkylation sites (tertiary alicyclic amines) is 1. The second-order valence-corrected chi connectivity index (χ2v) is 8.19. The van der Waals surface area contributed by atoms with Crippen LogP contribution in [0.2, 0.25) is 0 Å². The lowest BCUT2D eigenvalue weighted by Gasteiger charge is -2.33. The number of piperidine rings is 1. The van der Waals surface area contributed by atoms with E-state index in [0.717, 1.165) is 25.8 Å². The van der Waals surface area contributed by atoms with Crippen LogP contribution >= 0.6 is 0 Å². The van der Waals surface area contributed by atoms with Crippen LogP contribution < -0.4 is 4.72 Å². The quantitative estimate of drug-likeness (QED) is 0.911. The van der Waals surface area contributed by atoms with Crippen LogP contribution in [0.5, 0.6) is 0 Å². The lowest BCUT2D eigenvalue weighted by atomic mass is 10.0. The predicted molar refractivity (Wildman–Crippen MR) is 85.1 cm³/mol. The minimum Gasteiger partial charge on any atom is -0.334 e. The van der Waals surface area contributed by atoms with Crippen LogP contribution in [-0.2, 0) is 16.4 Å². The van der Waals surface area contributed by atoms with Crippen molar-refractivity contribution in [3.05, 3.63) is 35.4 Å². The molecule has 5 nitrogen and oxygen atoms in total. The number of nitrogens with one attached hydrogen (secondary N) is 1. The molecule has 1 saturated heterocycles. The van der Waals surface area contributed by atoms with Crippen molar-refractivity contribution in [3.8, 4) is 0 Å². The molecule has 0 unspecified atom stereocenters. The predicted octanol–water partition coefficient (Wildman–Crippen LogP) is 1.40. The molecule has 1 saturated carbocycles. The number of rotatable bonds is 4. The van der Waals surface area contributed by atoms with Gasteiger partial charge in [0.05, 0.1) is 6.26 Å². The summed E-state index contributed by atoms with van der Waals surface area (Å²) in [6.07, 6.45) is 3.85. The van der Waals surface area contributed by atoms with Gasteiger partial charge in [-0.25, -0.2) is 13.1 Å². The van der Waals surface area contributed by atoms with Gasteiger partial charge in [-0.2, -0.15) is 0 Å². The zero-order valence-electron chi connectivity index (χ0n) is 13.0. The van der Waals surface area contributed by atoms with Crippen molar-refractivity contribution in [2.75, 3.05) is 12.8 Å². The lowest BCUT2D eigenvalue weighted by molar-refractivity contribution is 0.0678. The Labute approximate surface area is 131 Å². The number of hydrogen-bond donors (Lipinski definition) is 1. The number of aryl methyl sites for hydroxylation is 1. The monoisotopic (exact) mass is 322 g/mol. The normalized spacial score (nSPS) is 27.4. The van der Waals surface area contributed by atoms with Crippen molar-refractivity contribution in [3.63, 3.8) is 0 Å². The Morgan fingerprint density at radius 2 is 1.95 bits per heavy atom. The molecule has 1 amide bonds. The molecule has 1 heterocycles. The first kappa shape index (κ1) is 15.5. The third-order valence-electron chi connectivity index (χ3n) is 4.72. The third-order valence-corrected chi connectivity index (χ3v) is 5.45. The van der Waals surface area contributed by atoms with E-state index in [1.165, 1.54) is 11.8 Å². The highest BCUT2D eigenvalue weighted by Crippen LogP contribution is 2.38. The van der Waals surface area contributed by atoms with E-state index in [0.29, 0.717) is 11.5 Å². The fourth-order valence-electron chi connectivity index (χ4n) is 3.71. The summed E-state index contributed by atoms with van der Waals surface area (Å²) in [6, 6.07) is 7.53. The molecule has 3 rings (SSSR count). The smallest absolute Gasteiger partial charge is 0.254 e. The molecule has 0 spiro atoms. The molecule has 0 aromatic heterocycles. The number of hydrogen-bond acceptors (Lipinski definition) is 3. The van der Waals surface area contributed by atoms with E-state index in [4.69, 9.17) is 0 Å². The van der Waals surface area contributed by atoms with Gasteiger partial charge in [0.2, 0.25) is 10.0 Å². The highest BCUT2D eigenvalue weighted by molar-refractivity contribution is 7.88. The summed E-state index contributed by atoms with van der Waals surface area (Å²) in [5.41, 5.74) is 1.89. The first-order valence-corrected chi connectivity index (χ1v) is 9.63. The number of benzene rings is 1. The summed E-state index contributed by atoms with van der Waals surface area (Å²) >= 11 is 0. The molecule has 120 valence electrons. The van der Waals surface area contributed by atoms with Gasteiger partial charge in [-0.05, 0) is 42.9 Å². The van der Waals surface area contributed by atoms with Crippen molar-refractivity contribution in [1.29, 1.82) is 0 Å². The van der Waals surface area contributed by atoms with Crippen LogP contribution in [0.3, 0.4) is 0 Å². The Kier molecular flexibility index (Phi) is 3.99. The SMILES string of the molecule is CCc1ccc(C(=O)N2C[C@@H]3C[C@H](NS(C)(=O)=O)[C@H]2C3)cc1. The number of carbonyl (C=O) groups is 1. The van der Waals surface area contributed by atoms with Crippen LogP contribution in [0.15, 0.2) is 24.3 Å². The standard InChI is InChI=1S/C16H22N2O3S/c1-3-11-4-6-13(7-5-11)16(19)18-10-12-8-14(15(18)9-12)17-22(2,20)21/h4-7,12,14-15,17H,3,8-10H2,1-2H3/t12-,14+,15-/m1/s1. The molecule has 6 heteroatoms. The summed E-state index contributed by atoms with van der Waals surface area (Å²) < 4.78 is 25.6. The lowest BCUT2D eigenvalue weighted by Crippen LogP contribution is -2.51. The maximum atomic E-state index is 12.7. The molecule has 1 aromatic rings. The van der Waals surface area contributed by atoms with E-state index in [1.807, 2.05) is 29.2 Å². The molecule has 1 N–H and O–H groups in total. The number of fused-ring (bicyclic) bond motifs is 2. The molecule has 0 radical (unpaired) electrons. The Hall–Kier alpha value is -1.40. The molecule has 1 aliphatic heterocycles. The first-order chi connectivity index (χ1) is 10.4. The highest BCUT2D eigenvalue weighted by atomic mass is 32.2. The molecule has 2 bridgehead atoms. The van der Waals surface area contributed by atoms with Crippen molar-refractivity contribution < 1.29 is 13.2 Å². The van der Waals surface area contributed by atoms with Crippen LogP contribution in [0.4, 0.5) is 0 Å². The molecule has 1 aromatic carbocycles. The summed E-state index contributed by atoms with van der Waals surface area (Å²) in [7, 11) is -3.24. The highest BCUT2D eigenvalue weighted by Gasteiger charge is 2.47. The van der Waals surface area contributed by atoms with Gasteiger partial charge in [0.15, 0.2) is 0 Å². The summed E-state index contributed by atoms with van der Waals surface area (Å²) in [5, 5.41) is 0. The van der Waals surface area contributed by atoms with E-state index in [-0.39, 0.29) is 18.0 Å². The second kappa shape index (κ2) is 5.66. The van der Waals surface area contributed by atoms with E-state index in [2.05, 4.69) is 11.6 Å². The van der Waals surface area contributed by atoms with Crippen molar-refractivity contribution in [2.24, 2.45) is 5.92 Å². The minimum atomic E-state index is -3.24. The zero-order chi connectivity index (χ0) is 15.9. The summed E-state index contributed by atoms with van der Waals surface area (Å²) in [5.74, 6) is 0.415. The van der Waals surface area contributed by atoms with Gasteiger partial charge in [-0.3, -0.25) is 4.79 Å². The number of sulfonamides is 1. The van der Waals surface area contributed by atoms with Crippen LogP contribution in [-0.4, -0.2) is 44.1 Å². The fraction of sp³-hybridized carbons (Fsp3) is 0.562. The maximum absolute atomic E-state index is 12.7. The van der Waals surface area contributed by atoms with Gasteiger partial charge >= 0.3 is 0 Å². The molecule has 1 aliphatic carbocycles. The van der Waals surface area contributed by atoms with Crippen LogP contribution in [0, 0.1) is 5.92 Å². The van der Waals surface area contributed by atoms with Gasteiger partial charge in [-0.1, -0.05) is 19.1 Å². The maximum Gasteiger partial charge on any atom is 0.254 e. The molecule has 2 fully saturated rings.